The van der Waals surface area contributed by atoms with Gasteiger partial charge in [0.25, 0.3) is 0 Å². The zero-order chi connectivity index (χ0) is 28.7. The van der Waals surface area contributed by atoms with Crippen molar-refractivity contribution >= 4 is 40.3 Å². The van der Waals surface area contributed by atoms with Gasteiger partial charge in [0.15, 0.2) is 0 Å². The molecule has 0 aliphatic carbocycles. The zero-order valence-corrected chi connectivity index (χ0v) is 24.6. The standard InChI is InChI=1S/C33H37N5O3S/c39-23-26-11-2-6-15-30(26)42-29-14-5-1-9-24(29)21-34-33-35-28-13-4-3-12-27(28)31(36-33)38-16-8-7-10-25(22-38)32(40)37-17-19-41-20-18-37/h1-6,9,11-15,25,39H,7-8,10,16-23H2,(H,34,35,36). The van der Waals surface area contributed by atoms with Crippen molar-refractivity contribution in [2.24, 2.45) is 5.92 Å². The summed E-state index contributed by atoms with van der Waals surface area (Å²) < 4.78 is 5.48. The van der Waals surface area contributed by atoms with E-state index >= 15 is 0 Å². The van der Waals surface area contributed by atoms with Gasteiger partial charge < -0.3 is 25.0 Å². The third-order valence-corrected chi connectivity index (χ3v) is 9.23. The molecule has 218 valence electrons. The number of anilines is 2. The molecule has 1 amide bonds. The number of hydrogen-bond acceptors (Lipinski definition) is 8. The third kappa shape index (κ3) is 6.53. The number of aliphatic hydroxyl groups excluding tert-OH is 1. The summed E-state index contributed by atoms with van der Waals surface area (Å²) >= 11 is 1.65. The van der Waals surface area contributed by atoms with Gasteiger partial charge >= 0.3 is 0 Å². The maximum Gasteiger partial charge on any atom is 0.227 e. The van der Waals surface area contributed by atoms with Gasteiger partial charge in [-0.05, 0) is 48.2 Å². The number of rotatable bonds is 8. The molecule has 2 saturated heterocycles. The van der Waals surface area contributed by atoms with Crippen LogP contribution in [0.1, 0.15) is 30.4 Å². The molecule has 0 radical (unpaired) electrons. The number of aliphatic hydroxyl groups is 1. The quantitative estimate of drug-likeness (QED) is 0.287. The molecule has 0 saturated carbocycles. The maximum atomic E-state index is 13.5. The fraction of sp³-hybridized carbons (Fsp3) is 0.364. The molecule has 1 unspecified atom stereocenters. The normalized spacial score (nSPS) is 17.7. The van der Waals surface area contributed by atoms with E-state index in [1.54, 1.807) is 11.8 Å². The lowest BCUT2D eigenvalue weighted by Crippen LogP contribution is -2.46. The summed E-state index contributed by atoms with van der Waals surface area (Å²) in [4.78, 5) is 29.8. The first kappa shape index (κ1) is 28.5. The van der Waals surface area contributed by atoms with E-state index in [4.69, 9.17) is 14.7 Å². The maximum absolute atomic E-state index is 13.5. The van der Waals surface area contributed by atoms with Crippen molar-refractivity contribution in [2.75, 3.05) is 49.6 Å². The molecule has 0 spiro atoms. The Morgan fingerprint density at radius 3 is 2.43 bits per heavy atom. The molecule has 2 fully saturated rings. The first-order valence-electron chi connectivity index (χ1n) is 14.8. The highest BCUT2D eigenvalue weighted by Gasteiger charge is 2.30. The van der Waals surface area contributed by atoms with Crippen LogP contribution in [0.3, 0.4) is 0 Å². The summed E-state index contributed by atoms with van der Waals surface area (Å²) in [6.07, 6.45) is 2.95. The van der Waals surface area contributed by atoms with E-state index in [9.17, 15) is 9.90 Å². The lowest BCUT2D eigenvalue weighted by Gasteiger charge is -2.32. The van der Waals surface area contributed by atoms with Crippen LogP contribution in [-0.4, -0.2) is 65.3 Å². The van der Waals surface area contributed by atoms with Crippen molar-refractivity contribution in [3.8, 4) is 0 Å². The van der Waals surface area contributed by atoms with E-state index in [0.717, 1.165) is 63.4 Å². The molecular formula is C33H37N5O3S. The summed E-state index contributed by atoms with van der Waals surface area (Å²) in [6.45, 7) is 4.65. The Kier molecular flexibility index (Phi) is 9.18. The van der Waals surface area contributed by atoms with Gasteiger partial charge in [-0.15, -0.1) is 0 Å². The van der Waals surface area contributed by atoms with Gasteiger partial charge in [-0.3, -0.25) is 4.79 Å². The number of carbonyl (C=O) groups excluding carboxylic acids is 1. The molecule has 2 N–H and O–H groups in total. The second kappa shape index (κ2) is 13.5. The van der Waals surface area contributed by atoms with Crippen molar-refractivity contribution in [2.45, 2.75) is 42.2 Å². The van der Waals surface area contributed by atoms with Crippen LogP contribution in [-0.2, 0) is 22.7 Å². The van der Waals surface area contributed by atoms with Crippen molar-refractivity contribution in [3.05, 3.63) is 83.9 Å². The van der Waals surface area contributed by atoms with Crippen molar-refractivity contribution < 1.29 is 14.6 Å². The number of carbonyl (C=O) groups is 1. The van der Waals surface area contributed by atoms with Gasteiger partial charge in [-0.1, -0.05) is 66.7 Å². The number of ether oxygens (including phenoxy) is 1. The number of nitrogens with one attached hydrogen (secondary N) is 1. The highest BCUT2D eigenvalue weighted by Crippen LogP contribution is 2.34. The van der Waals surface area contributed by atoms with Crippen molar-refractivity contribution in [1.82, 2.24) is 14.9 Å². The molecule has 1 aromatic heterocycles. The number of hydrogen-bond donors (Lipinski definition) is 2. The number of aromatic nitrogens is 2. The van der Waals surface area contributed by atoms with E-state index in [2.05, 4.69) is 28.4 Å². The molecule has 4 aromatic rings. The zero-order valence-electron chi connectivity index (χ0n) is 23.7. The summed E-state index contributed by atoms with van der Waals surface area (Å²) in [7, 11) is 0. The van der Waals surface area contributed by atoms with Crippen LogP contribution in [0.4, 0.5) is 11.8 Å². The Morgan fingerprint density at radius 1 is 0.905 bits per heavy atom. The topological polar surface area (TPSA) is 90.8 Å². The highest BCUT2D eigenvalue weighted by atomic mass is 32.2. The van der Waals surface area contributed by atoms with Gasteiger partial charge in [-0.25, -0.2) is 4.98 Å². The van der Waals surface area contributed by atoms with Crippen LogP contribution >= 0.6 is 11.8 Å². The molecule has 2 aliphatic heterocycles. The monoisotopic (exact) mass is 583 g/mol. The largest absolute Gasteiger partial charge is 0.392 e. The van der Waals surface area contributed by atoms with E-state index in [1.807, 2.05) is 59.5 Å². The van der Waals surface area contributed by atoms with Gasteiger partial charge in [-0.2, -0.15) is 4.98 Å². The molecule has 3 heterocycles. The predicted octanol–water partition coefficient (Wildman–Crippen LogP) is 5.35. The molecule has 0 bridgehead atoms. The highest BCUT2D eigenvalue weighted by molar-refractivity contribution is 7.99. The molecule has 1 atom stereocenters. The lowest BCUT2D eigenvalue weighted by atomic mass is 10.0. The van der Waals surface area contributed by atoms with Crippen LogP contribution in [0.2, 0.25) is 0 Å². The number of morpholine rings is 1. The van der Waals surface area contributed by atoms with Gasteiger partial charge in [0, 0.05) is 47.9 Å². The van der Waals surface area contributed by atoms with E-state index < -0.39 is 0 Å². The Balaban J connectivity index is 1.24. The molecular weight excluding hydrogens is 546 g/mol. The lowest BCUT2D eigenvalue weighted by molar-refractivity contribution is -0.139. The Hall–Kier alpha value is -3.66. The predicted molar refractivity (Wildman–Crippen MR) is 167 cm³/mol. The average molecular weight is 584 g/mol. The van der Waals surface area contributed by atoms with Crippen molar-refractivity contribution in [3.63, 3.8) is 0 Å². The third-order valence-electron chi connectivity index (χ3n) is 8.00. The molecule has 3 aromatic carbocycles. The summed E-state index contributed by atoms with van der Waals surface area (Å²) in [6, 6.07) is 24.3. The molecule has 6 rings (SSSR count). The van der Waals surface area contributed by atoms with Gasteiger partial charge in [0.1, 0.15) is 5.82 Å². The van der Waals surface area contributed by atoms with E-state index in [1.165, 1.54) is 0 Å². The Bertz CT molecular complexity index is 1530. The molecule has 2 aliphatic rings. The molecule has 8 nitrogen and oxygen atoms in total. The summed E-state index contributed by atoms with van der Waals surface area (Å²) in [5.74, 6) is 1.63. The average Bonchev–Trinajstić information content (AvgIpc) is 3.31. The first-order chi connectivity index (χ1) is 20.7. The minimum atomic E-state index is -0.0542. The fourth-order valence-electron chi connectivity index (χ4n) is 5.73. The summed E-state index contributed by atoms with van der Waals surface area (Å²) in [5, 5.41) is 14.3. The number of benzene rings is 3. The van der Waals surface area contributed by atoms with Crippen LogP contribution in [0.15, 0.2) is 82.6 Å². The minimum absolute atomic E-state index is 0.00664. The van der Waals surface area contributed by atoms with Crippen LogP contribution < -0.4 is 10.2 Å². The van der Waals surface area contributed by atoms with Crippen LogP contribution in [0, 0.1) is 5.92 Å². The second-order valence-electron chi connectivity index (χ2n) is 10.8. The van der Waals surface area contributed by atoms with Crippen molar-refractivity contribution in [1.29, 1.82) is 0 Å². The minimum Gasteiger partial charge on any atom is -0.392 e. The molecule has 42 heavy (non-hydrogen) atoms. The van der Waals surface area contributed by atoms with Gasteiger partial charge in [0.2, 0.25) is 11.9 Å². The van der Waals surface area contributed by atoms with E-state index in [-0.39, 0.29) is 18.4 Å². The second-order valence-corrected chi connectivity index (χ2v) is 11.9. The first-order valence-corrected chi connectivity index (χ1v) is 15.6. The smallest absolute Gasteiger partial charge is 0.227 e. The van der Waals surface area contributed by atoms with Crippen LogP contribution in [0.25, 0.3) is 10.9 Å². The van der Waals surface area contributed by atoms with Gasteiger partial charge in [0.05, 0.1) is 31.3 Å². The fourth-order valence-corrected chi connectivity index (χ4v) is 6.80. The Labute approximate surface area is 251 Å². The summed E-state index contributed by atoms with van der Waals surface area (Å²) in [5.41, 5.74) is 2.92. The number of fused-ring (bicyclic) bond motifs is 1. The SMILES string of the molecule is O=C(C1CCCCN(c2nc(NCc3ccccc3Sc3ccccc3CO)nc3ccccc23)C1)N1CCOCC1. The molecule has 9 heteroatoms. The Morgan fingerprint density at radius 2 is 1.62 bits per heavy atom. The number of para-hydroxylation sites is 1. The number of amides is 1. The number of nitrogens with zero attached hydrogens (tertiary/aromatic N) is 4. The van der Waals surface area contributed by atoms with E-state index in [0.29, 0.717) is 45.3 Å². The van der Waals surface area contributed by atoms with Crippen LogP contribution in [0.5, 0.6) is 0 Å².